The molecule has 5 heteroatoms. The molecule has 1 aromatic carbocycles. The van der Waals surface area contributed by atoms with Crippen LogP contribution in [0.5, 0.6) is 17.2 Å². The lowest BCUT2D eigenvalue weighted by atomic mass is 10.1. The van der Waals surface area contributed by atoms with Crippen LogP contribution in [0.1, 0.15) is 5.56 Å². The van der Waals surface area contributed by atoms with Crippen molar-refractivity contribution in [1.82, 2.24) is 5.06 Å². The van der Waals surface area contributed by atoms with Gasteiger partial charge in [0.25, 0.3) is 0 Å². The number of benzene rings is 1. The van der Waals surface area contributed by atoms with Crippen LogP contribution in [0.3, 0.4) is 0 Å². The molecule has 0 aliphatic carbocycles. The first-order valence-corrected chi connectivity index (χ1v) is 4.57. The van der Waals surface area contributed by atoms with Crippen molar-refractivity contribution < 1.29 is 19.4 Å². The van der Waals surface area contributed by atoms with E-state index < -0.39 is 0 Å². The summed E-state index contributed by atoms with van der Waals surface area (Å²) in [5, 5.41) is 10.3. The first-order valence-electron chi connectivity index (χ1n) is 4.57. The Labute approximate surface area is 87.7 Å². The monoisotopic (exact) mass is 211 g/mol. The van der Waals surface area contributed by atoms with Crippen LogP contribution in [0.4, 0.5) is 0 Å². The highest BCUT2D eigenvalue weighted by atomic mass is 16.7. The summed E-state index contributed by atoms with van der Waals surface area (Å²) in [6.45, 7) is 0.608. The van der Waals surface area contributed by atoms with Crippen LogP contribution in [-0.2, 0) is 6.54 Å². The van der Waals surface area contributed by atoms with E-state index in [-0.39, 0.29) is 6.79 Å². The fraction of sp³-hybridized carbons (Fsp3) is 0.400. The number of hydrogen-bond donors (Lipinski definition) is 1. The lowest BCUT2D eigenvalue weighted by Crippen LogP contribution is -2.12. The molecule has 0 aromatic heterocycles. The lowest BCUT2D eigenvalue weighted by molar-refractivity contribution is -0.0735. The molecule has 0 amide bonds. The van der Waals surface area contributed by atoms with Gasteiger partial charge in [0.2, 0.25) is 6.79 Å². The fourth-order valence-corrected chi connectivity index (χ4v) is 1.53. The fourth-order valence-electron chi connectivity index (χ4n) is 1.53. The van der Waals surface area contributed by atoms with E-state index in [1.807, 2.05) is 6.07 Å². The first-order chi connectivity index (χ1) is 7.20. The van der Waals surface area contributed by atoms with Gasteiger partial charge in [0.05, 0.1) is 13.7 Å². The van der Waals surface area contributed by atoms with Crippen LogP contribution in [0.2, 0.25) is 0 Å². The highest BCUT2D eigenvalue weighted by molar-refractivity contribution is 5.51. The highest BCUT2D eigenvalue weighted by Gasteiger charge is 2.18. The molecule has 2 rings (SSSR count). The lowest BCUT2D eigenvalue weighted by Gasteiger charge is -2.12. The van der Waals surface area contributed by atoms with Crippen molar-refractivity contribution >= 4 is 0 Å². The average Bonchev–Trinajstić information content (AvgIpc) is 2.62. The molecule has 0 bridgehead atoms. The normalized spacial score (nSPS) is 13.3. The third-order valence-electron chi connectivity index (χ3n) is 2.17. The maximum Gasteiger partial charge on any atom is 0.231 e. The second kappa shape index (κ2) is 3.96. The Morgan fingerprint density at radius 1 is 1.40 bits per heavy atom. The number of hydrogen-bond acceptors (Lipinski definition) is 5. The van der Waals surface area contributed by atoms with Crippen molar-refractivity contribution in [2.24, 2.45) is 0 Å². The van der Waals surface area contributed by atoms with E-state index in [1.54, 1.807) is 20.2 Å². The van der Waals surface area contributed by atoms with Crippen molar-refractivity contribution in [1.29, 1.82) is 0 Å². The minimum absolute atomic E-state index is 0.233. The summed E-state index contributed by atoms with van der Waals surface area (Å²) in [6, 6.07) is 3.58. The van der Waals surface area contributed by atoms with E-state index >= 15 is 0 Å². The van der Waals surface area contributed by atoms with Gasteiger partial charge < -0.3 is 19.4 Å². The van der Waals surface area contributed by atoms with Gasteiger partial charge in [-0.3, -0.25) is 0 Å². The topological polar surface area (TPSA) is 51.2 Å². The molecule has 5 nitrogen and oxygen atoms in total. The van der Waals surface area contributed by atoms with E-state index in [0.717, 1.165) is 10.6 Å². The molecule has 1 aliphatic heterocycles. The smallest absolute Gasteiger partial charge is 0.231 e. The van der Waals surface area contributed by atoms with Gasteiger partial charge in [0.1, 0.15) is 5.75 Å². The molecule has 15 heavy (non-hydrogen) atoms. The van der Waals surface area contributed by atoms with Crippen molar-refractivity contribution in [2.75, 3.05) is 21.0 Å². The Morgan fingerprint density at radius 2 is 2.07 bits per heavy atom. The molecular weight excluding hydrogens is 198 g/mol. The summed E-state index contributed by atoms with van der Waals surface area (Å²) in [5.74, 6) is 2.05. The van der Waals surface area contributed by atoms with Gasteiger partial charge in [0, 0.05) is 18.7 Å². The second-order valence-electron chi connectivity index (χ2n) is 3.33. The maximum absolute atomic E-state index is 9.18. The molecule has 82 valence electrons. The van der Waals surface area contributed by atoms with Crippen molar-refractivity contribution in [3.05, 3.63) is 17.7 Å². The SMILES string of the molecule is COc1cc2c(cc1CN(C)O)OCO2. The predicted molar refractivity (Wildman–Crippen MR) is 52.4 cm³/mol. The summed E-state index contributed by atoms with van der Waals surface area (Å²) >= 11 is 0. The second-order valence-corrected chi connectivity index (χ2v) is 3.33. The van der Waals surface area contributed by atoms with Gasteiger partial charge in [-0.15, -0.1) is 0 Å². The van der Waals surface area contributed by atoms with Crippen molar-refractivity contribution in [3.8, 4) is 17.2 Å². The van der Waals surface area contributed by atoms with Gasteiger partial charge in [-0.2, -0.15) is 5.06 Å². The van der Waals surface area contributed by atoms with Crippen LogP contribution in [0.15, 0.2) is 12.1 Å². The van der Waals surface area contributed by atoms with Crippen LogP contribution in [0, 0.1) is 0 Å². The maximum atomic E-state index is 9.18. The third kappa shape index (κ3) is 1.98. The number of nitrogens with zero attached hydrogens (tertiary/aromatic N) is 1. The van der Waals surface area contributed by atoms with Crippen LogP contribution < -0.4 is 14.2 Å². The van der Waals surface area contributed by atoms with E-state index in [9.17, 15) is 5.21 Å². The Bertz CT molecular complexity index is 365. The summed E-state index contributed by atoms with van der Waals surface area (Å²) in [5.41, 5.74) is 0.853. The quantitative estimate of drug-likeness (QED) is 0.762. The molecule has 1 aromatic rings. The molecular formula is C10H13NO4. The van der Waals surface area contributed by atoms with Gasteiger partial charge in [-0.25, -0.2) is 0 Å². The number of hydroxylamine groups is 2. The summed E-state index contributed by atoms with van der Waals surface area (Å²) in [4.78, 5) is 0. The number of rotatable bonds is 3. The van der Waals surface area contributed by atoms with Crippen LogP contribution >= 0.6 is 0 Å². The minimum Gasteiger partial charge on any atom is -0.496 e. The summed E-state index contributed by atoms with van der Waals surface area (Å²) < 4.78 is 15.7. The third-order valence-corrected chi connectivity index (χ3v) is 2.17. The molecule has 0 spiro atoms. The molecule has 1 heterocycles. The molecule has 0 saturated heterocycles. The molecule has 0 unspecified atom stereocenters. The zero-order valence-corrected chi connectivity index (χ0v) is 8.69. The zero-order chi connectivity index (χ0) is 10.8. The molecule has 0 fully saturated rings. The van der Waals surface area contributed by atoms with E-state index in [2.05, 4.69) is 0 Å². The van der Waals surface area contributed by atoms with Crippen LogP contribution in [-0.4, -0.2) is 31.2 Å². The van der Waals surface area contributed by atoms with Crippen LogP contribution in [0.25, 0.3) is 0 Å². The number of fused-ring (bicyclic) bond motifs is 1. The molecule has 0 saturated carbocycles. The van der Waals surface area contributed by atoms with E-state index in [1.165, 1.54) is 0 Å². The number of methoxy groups -OCH3 is 1. The summed E-state index contributed by atoms with van der Waals surface area (Å²) in [6.07, 6.45) is 0. The minimum atomic E-state index is 0.233. The molecule has 1 aliphatic rings. The standard InChI is InChI=1S/C10H13NO4/c1-11(12)5-7-3-9-10(15-6-14-9)4-8(7)13-2/h3-4,12H,5-6H2,1-2H3. The van der Waals surface area contributed by atoms with Gasteiger partial charge in [-0.05, 0) is 6.07 Å². The zero-order valence-electron chi connectivity index (χ0n) is 8.69. The van der Waals surface area contributed by atoms with Crippen molar-refractivity contribution in [2.45, 2.75) is 6.54 Å². The van der Waals surface area contributed by atoms with E-state index in [0.29, 0.717) is 23.8 Å². The average molecular weight is 211 g/mol. The highest BCUT2D eigenvalue weighted by Crippen LogP contribution is 2.38. The Morgan fingerprint density at radius 3 is 2.67 bits per heavy atom. The largest absolute Gasteiger partial charge is 0.496 e. The number of ether oxygens (including phenoxy) is 3. The molecule has 1 N–H and O–H groups in total. The van der Waals surface area contributed by atoms with Gasteiger partial charge in [0.15, 0.2) is 11.5 Å². The molecule has 0 atom stereocenters. The predicted octanol–water partition coefficient (Wildman–Crippen LogP) is 1.24. The Kier molecular flexibility index (Phi) is 2.66. The molecule has 0 radical (unpaired) electrons. The van der Waals surface area contributed by atoms with Gasteiger partial charge in [-0.1, -0.05) is 0 Å². The Balaban J connectivity index is 2.35. The summed E-state index contributed by atoms with van der Waals surface area (Å²) in [7, 11) is 3.16. The van der Waals surface area contributed by atoms with E-state index in [4.69, 9.17) is 14.2 Å². The Hall–Kier alpha value is -1.46. The first kappa shape index (κ1) is 10.1. The van der Waals surface area contributed by atoms with Gasteiger partial charge >= 0.3 is 0 Å². The van der Waals surface area contributed by atoms with Crippen molar-refractivity contribution in [3.63, 3.8) is 0 Å².